The van der Waals surface area contributed by atoms with E-state index in [0.29, 0.717) is 12.3 Å². The summed E-state index contributed by atoms with van der Waals surface area (Å²) in [5.41, 5.74) is 1.88. The van der Waals surface area contributed by atoms with Crippen molar-refractivity contribution in [2.75, 3.05) is 19.8 Å². The fraction of sp³-hybridized carbons (Fsp3) is 0.500. The summed E-state index contributed by atoms with van der Waals surface area (Å²) in [5.74, 6) is 1.42. The van der Waals surface area contributed by atoms with E-state index in [1.54, 1.807) is 0 Å². The van der Waals surface area contributed by atoms with Crippen LogP contribution >= 0.6 is 0 Å². The van der Waals surface area contributed by atoms with Gasteiger partial charge in [-0.3, -0.25) is 4.79 Å². The van der Waals surface area contributed by atoms with Crippen LogP contribution in [0.1, 0.15) is 25.1 Å². The van der Waals surface area contributed by atoms with Crippen molar-refractivity contribution in [1.82, 2.24) is 15.3 Å². The van der Waals surface area contributed by atoms with Gasteiger partial charge in [-0.05, 0) is 37.3 Å². The van der Waals surface area contributed by atoms with Gasteiger partial charge in [0.25, 0.3) is 0 Å². The number of carbonyl (C=O) groups is 1. The Morgan fingerprint density at radius 3 is 3.14 bits per heavy atom. The van der Waals surface area contributed by atoms with Gasteiger partial charge in [-0.15, -0.1) is 0 Å². The van der Waals surface area contributed by atoms with E-state index in [1.807, 2.05) is 24.3 Å². The van der Waals surface area contributed by atoms with E-state index in [4.69, 9.17) is 4.74 Å². The molecule has 5 nitrogen and oxygen atoms in total. The second-order valence-corrected chi connectivity index (χ2v) is 5.60. The zero-order valence-electron chi connectivity index (χ0n) is 12.1. The van der Waals surface area contributed by atoms with Crippen LogP contribution in [0.15, 0.2) is 24.3 Å². The standard InChI is InChI=1S/C16H21N3O2/c20-16(17-8-3-4-12-7-9-21-11-12)10-15-18-13-5-1-2-6-14(13)19-15/h1-2,5-6,12H,3-4,7-11H2,(H,17,20)(H,18,19). The molecule has 1 atom stereocenters. The van der Waals surface area contributed by atoms with Crippen molar-refractivity contribution in [2.45, 2.75) is 25.7 Å². The van der Waals surface area contributed by atoms with Crippen molar-refractivity contribution >= 4 is 16.9 Å². The summed E-state index contributed by atoms with van der Waals surface area (Å²) in [6, 6.07) is 7.81. The van der Waals surface area contributed by atoms with Crippen molar-refractivity contribution in [3.63, 3.8) is 0 Å². The number of hydrogen-bond acceptors (Lipinski definition) is 3. The number of para-hydroxylation sites is 2. The Kier molecular flexibility index (Phi) is 4.50. The number of fused-ring (bicyclic) bond motifs is 1. The molecule has 2 heterocycles. The number of H-pyrrole nitrogens is 1. The molecular weight excluding hydrogens is 266 g/mol. The van der Waals surface area contributed by atoms with Crippen LogP contribution in [-0.2, 0) is 16.0 Å². The number of rotatable bonds is 6. The van der Waals surface area contributed by atoms with Crippen LogP contribution in [0.2, 0.25) is 0 Å². The summed E-state index contributed by atoms with van der Waals surface area (Å²) in [5, 5.41) is 2.96. The number of nitrogens with one attached hydrogen (secondary N) is 2. The quantitative estimate of drug-likeness (QED) is 0.799. The molecule has 1 aliphatic heterocycles. The van der Waals surface area contributed by atoms with E-state index in [-0.39, 0.29) is 5.91 Å². The fourth-order valence-electron chi connectivity index (χ4n) is 2.73. The number of aromatic nitrogens is 2. The number of ether oxygens (including phenoxy) is 1. The third-order valence-electron chi connectivity index (χ3n) is 3.90. The van der Waals surface area contributed by atoms with Crippen LogP contribution in [0, 0.1) is 5.92 Å². The minimum Gasteiger partial charge on any atom is -0.381 e. The van der Waals surface area contributed by atoms with Crippen molar-refractivity contribution in [3.8, 4) is 0 Å². The van der Waals surface area contributed by atoms with Gasteiger partial charge in [-0.25, -0.2) is 4.98 Å². The van der Waals surface area contributed by atoms with Gasteiger partial charge in [0.1, 0.15) is 5.82 Å². The number of carbonyl (C=O) groups excluding carboxylic acids is 1. The Morgan fingerprint density at radius 1 is 1.43 bits per heavy atom. The normalized spacial score (nSPS) is 18.2. The van der Waals surface area contributed by atoms with Gasteiger partial charge < -0.3 is 15.0 Å². The van der Waals surface area contributed by atoms with Crippen LogP contribution in [0.4, 0.5) is 0 Å². The molecular formula is C16H21N3O2. The van der Waals surface area contributed by atoms with E-state index in [0.717, 1.165) is 55.9 Å². The number of aromatic amines is 1. The van der Waals surface area contributed by atoms with E-state index in [9.17, 15) is 4.79 Å². The van der Waals surface area contributed by atoms with Crippen LogP contribution in [0.25, 0.3) is 11.0 Å². The smallest absolute Gasteiger partial charge is 0.227 e. The first-order valence-electron chi connectivity index (χ1n) is 7.59. The number of imidazole rings is 1. The summed E-state index contributed by atoms with van der Waals surface area (Å²) in [4.78, 5) is 19.5. The van der Waals surface area contributed by atoms with E-state index < -0.39 is 0 Å². The predicted molar refractivity (Wildman–Crippen MR) is 81.0 cm³/mol. The van der Waals surface area contributed by atoms with Crippen molar-refractivity contribution in [1.29, 1.82) is 0 Å². The first-order chi connectivity index (χ1) is 10.3. The monoisotopic (exact) mass is 287 g/mol. The molecule has 1 amide bonds. The fourth-order valence-corrected chi connectivity index (χ4v) is 2.73. The Balaban J connectivity index is 1.41. The molecule has 0 bridgehead atoms. The summed E-state index contributed by atoms with van der Waals surface area (Å²) in [6.45, 7) is 2.51. The molecule has 21 heavy (non-hydrogen) atoms. The van der Waals surface area contributed by atoms with Gasteiger partial charge in [0.2, 0.25) is 5.91 Å². The van der Waals surface area contributed by atoms with Crippen LogP contribution < -0.4 is 5.32 Å². The molecule has 2 aromatic rings. The average molecular weight is 287 g/mol. The van der Waals surface area contributed by atoms with Gasteiger partial charge in [0, 0.05) is 19.8 Å². The van der Waals surface area contributed by atoms with E-state index in [2.05, 4.69) is 15.3 Å². The molecule has 0 spiro atoms. The van der Waals surface area contributed by atoms with Crippen molar-refractivity contribution in [3.05, 3.63) is 30.1 Å². The minimum atomic E-state index is 0.0247. The third-order valence-corrected chi connectivity index (χ3v) is 3.90. The molecule has 1 fully saturated rings. The summed E-state index contributed by atoms with van der Waals surface area (Å²) >= 11 is 0. The van der Waals surface area contributed by atoms with E-state index >= 15 is 0 Å². The molecule has 5 heteroatoms. The highest BCUT2D eigenvalue weighted by Crippen LogP contribution is 2.17. The van der Waals surface area contributed by atoms with Gasteiger partial charge in [-0.1, -0.05) is 12.1 Å². The lowest BCUT2D eigenvalue weighted by molar-refractivity contribution is -0.120. The Labute approximate surface area is 124 Å². The van der Waals surface area contributed by atoms with Crippen LogP contribution in [0.5, 0.6) is 0 Å². The van der Waals surface area contributed by atoms with E-state index in [1.165, 1.54) is 0 Å². The number of amides is 1. The second kappa shape index (κ2) is 6.72. The average Bonchev–Trinajstić information content (AvgIpc) is 3.12. The lowest BCUT2D eigenvalue weighted by atomic mass is 10.0. The molecule has 1 unspecified atom stereocenters. The highest BCUT2D eigenvalue weighted by Gasteiger charge is 2.15. The number of nitrogens with zero attached hydrogens (tertiary/aromatic N) is 1. The number of benzene rings is 1. The van der Waals surface area contributed by atoms with Crippen LogP contribution in [0.3, 0.4) is 0 Å². The molecule has 1 aliphatic rings. The molecule has 1 aromatic heterocycles. The molecule has 112 valence electrons. The third kappa shape index (κ3) is 3.82. The lowest BCUT2D eigenvalue weighted by Crippen LogP contribution is -2.26. The molecule has 1 aromatic carbocycles. The molecule has 3 rings (SSSR count). The Bertz CT molecular complexity index is 569. The Hall–Kier alpha value is -1.88. The summed E-state index contributed by atoms with van der Waals surface area (Å²) < 4.78 is 5.34. The molecule has 0 aliphatic carbocycles. The maximum Gasteiger partial charge on any atom is 0.227 e. The SMILES string of the molecule is O=C(Cc1nc2ccccc2[nH]1)NCCCC1CCOC1. The van der Waals surface area contributed by atoms with Gasteiger partial charge in [0.05, 0.1) is 17.5 Å². The maximum absolute atomic E-state index is 11.9. The predicted octanol–water partition coefficient (Wildman–Crippen LogP) is 2.04. The number of hydrogen-bond donors (Lipinski definition) is 2. The zero-order chi connectivity index (χ0) is 14.5. The minimum absolute atomic E-state index is 0.0247. The van der Waals surface area contributed by atoms with Gasteiger partial charge in [-0.2, -0.15) is 0 Å². The first-order valence-corrected chi connectivity index (χ1v) is 7.59. The topological polar surface area (TPSA) is 67.0 Å². The first kappa shape index (κ1) is 14.1. The Morgan fingerprint density at radius 2 is 2.33 bits per heavy atom. The zero-order valence-corrected chi connectivity index (χ0v) is 12.1. The summed E-state index contributed by atoms with van der Waals surface area (Å²) in [7, 11) is 0. The van der Waals surface area contributed by atoms with Crippen LogP contribution in [-0.4, -0.2) is 35.6 Å². The summed E-state index contributed by atoms with van der Waals surface area (Å²) in [6.07, 6.45) is 3.61. The van der Waals surface area contributed by atoms with Gasteiger partial charge >= 0.3 is 0 Å². The molecule has 0 radical (unpaired) electrons. The van der Waals surface area contributed by atoms with Crippen molar-refractivity contribution < 1.29 is 9.53 Å². The molecule has 1 saturated heterocycles. The molecule has 0 saturated carbocycles. The highest BCUT2D eigenvalue weighted by atomic mass is 16.5. The largest absolute Gasteiger partial charge is 0.381 e. The second-order valence-electron chi connectivity index (χ2n) is 5.60. The van der Waals surface area contributed by atoms with Crippen molar-refractivity contribution in [2.24, 2.45) is 5.92 Å². The lowest BCUT2D eigenvalue weighted by Gasteiger charge is -2.07. The molecule has 2 N–H and O–H groups in total. The maximum atomic E-state index is 11.9. The highest BCUT2D eigenvalue weighted by molar-refractivity contribution is 5.80. The van der Waals surface area contributed by atoms with Gasteiger partial charge in [0.15, 0.2) is 0 Å².